The Morgan fingerprint density at radius 1 is 0.287 bits per heavy atom. The molecule has 8 aromatic rings. The van der Waals surface area contributed by atoms with E-state index in [9.17, 15) is 5.48 Å². The molecule has 0 aliphatic carbocycles. The first-order valence-electron chi connectivity index (χ1n) is 48.0. The Kier molecular flexibility index (Phi) is 9.16. The molecule has 8 aromatic carbocycles. The van der Waals surface area contributed by atoms with Gasteiger partial charge < -0.3 is 19.6 Å². The fourth-order valence-electron chi connectivity index (χ4n) is 7.87. The van der Waals surface area contributed by atoms with Gasteiger partial charge in [0.05, 0.1) is 57.0 Å². The van der Waals surface area contributed by atoms with Crippen molar-refractivity contribution in [1.82, 2.24) is 39.2 Å². The third-order valence-corrected chi connectivity index (χ3v) is 11.7. The van der Waals surface area contributed by atoms with E-state index < -0.39 is 272 Å². The molecule has 0 bridgehead atoms. The van der Waals surface area contributed by atoms with Gasteiger partial charge in [-0.3, -0.25) is 19.6 Å². The highest BCUT2D eigenvalue weighted by molar-refractivity contribution is 5.36. The van der Waals surface area contributed by atoms with E-state index in [2.05, 4.69) is 0 Å². The van der Waals surface area contributed by atoms with Crippen LogP contribution in [0.5, 0.6) is 0 Å². The summed E-state index contributed by atoms with van der Waals surface area (Å²) in [6.07, 6.45) is 0. The quantitative estimate of drug-likeness (QED) is 0.119. The van der Waals surface area contributed by atoms with Gasteiger partial charge in [0.1, 0.15) is 0 Å². The Morgan fingerprint density at radius 2 is 0.475 bits per heavy atom. The summed E-state index contributed by atoms with van der Waals surface area (Å²) in [6, 6.07) is 5.42. The fraction of sp³-hybridized carbons (Fsp3) is 0.333. The van der Waals surface area contributed by atoms with Gasteiger partial charge in [-0.15, -0.1) is 0 Å². The summed E-state index contributed by atoms with van der Waals surface area (Å²) in [4.78, 5) is 6.55. The van der Waals surface area contributed by atoms with Crippen molar-refractivity contribution in [2.75, 3.05) is 132 Å². The average Bonchev–Trinajstić information content (AvgIpc) is 0.699. The van der Waals surface area contributed by atoms with E-state index in [0.717, 1.165) is 14.7 Å². The van der Waals surface area contributed by atoms with Crippen molar-refractivity contribution in [3.05, 3.63) is 287 Å². The lowest BCUT2D eigenvalue weighted by Crippen LogP contribution is -2.46. The zero-order chi connectivity index (χ0) is 95.6. The Morgan fingerprint density at radius 3 is 0.675 bits per heavy atom. The fourth-order valence-corrected chi connectivity index (χ4v) is 7.87. The first-order chi connectivity index (χ1) is 57.4. The number of nitrogens with zero attached hydrogens (tertiary/aromatic N) is 8. The SMILES string of the molecule is [2H]C([2H])([2H])N1CC([2H])([2H])N(C([2H])(c2ccccc2)c2ccccc2)C([2H])([2H])C1.[2H]C1([2H])CN(C)CC([2H])([2H])N1C([2H])(c1ccccc1)c1ccccc1.[2H]c1c([2H])c([2H])c(C([2H])(c2c([2H])c([2H])c([2H])c([2H])c2[2H])N2C([2H])([2H])CN(C([2H])([2H])[2H])CC2([2H])[2H])c([2H])c1[2H].[2H]c1c([2H])c([2H])c(C([2H])(c2c([2H])c([2H])c([2H])c([2H])c2[2H])N2C([2H])([2H])CN(C)CC2([2H])[2H])c([2H])c1[2H]. The summed E-state index contributed by atoms with van der Waals surface area (Å²) in [5.41, 5.74) is -2.13. The van der Waals surface area contributed by atoms with Gasteiger partial charge in [-0.2, -0.15) is 0 Å². The highest BCUT2D eigenvalue weighted by Gasteiger charge is 2.29. The summed E-state index contributed by atoms with van der Waals surface area (Å²) in [7, 11) is 3.12. The lowest BCUT2D eigenvalue weighted by molar-refractivity contribution is 0.127. The topological polar surface area (TPSA) is 25.9 Å². The molecular weight excluding hydrogens is 977 g/mol. The minimum Gasteiger partial charge on any atom is -0.304 e. The zero-order valence-electron chi connectivity index (χ0n) is 89.8. The van der Waals surface area contributed by atoms with Crippen LogP contribution in [-0.2, 0) is 0 Å². The van der Waals surface area contributed by atoms with E-state index in [1.54, 1.807) is 121 Å². The van der Waals surface area contributed by atoms with Crippen LogP contribution in [0.1, 0.15) is 132 Å². The maximum atomic E-state index is 9.47. The molecule has 0 N–H and O–H groups in total. The van der Waals surface area contributed by atoms with Crippen molar-refractivity contribution in [3.8, 4) is 0 Å². The van der Waals surface area contributed by atoms with E-state index in [1.807, 2.05) is 12.1 Å². The van der Waals surface area contributed by atoms with Gasteiger partial charge in [0, 0.05) is 134 Å². The molecule has 8 heteroatoms. The molecule has 0 atom stereocenters. The number of benzene rings is 8. The monoisotopic (exact) mass is 1110 g/mol. The van der Waals surface area contributed by atoms with Crippen LogP contribution in [0.4, 0.5) is 0 Å². The largest absolute Gasteiger partial charge is 0.304 e. The molecule has 4 fully saturated rings. The predicted molar refractivity (Wildman–Crippen MR) is 335 cm³/mol. The Hall–Kier alpha value is -6.56. The summed E-state index contributed by atoms with van der Waals surface area (Å²) < 4.78 is 384. The summed E-state index contributed by atoms with van der Waals surface area (Å²) in [6.45, 7) is -30.3. The number of piperazine rings is 4. The van der Waals surface area contributed by atoms with Crippen molar-refractivity contribution >= 4 is 0 Å². The molecule has 0 radical (unpaired) electrons. The normalized spacial score (nSPS) is 31.7. The highest BCUT2D eigenvalue weighted by atomic mass is 15.3. The zero-order valence-corrected chi connectivity index (χ0v) is 43.8. The molecule has 80 heavy (non-hydrogen) atoms. The van der Waals surface area contributed by atoms with E-state index >= 15 is 0 Å². The molecule has 0 aromatic heterocycles. The van der Waals surface area contributed by atoms with Gasteiger partial charge in [0.25, 0.3) is 0 Å². The van der Waals surface area contributed by atoms with Crippen molar-refractivity contribution in [3.63, 3.8) is 0 Å². The van der Waals surface area contributed by atoms with Gasteiger partial charge in [-0.05, 0) is 72.6 Å². The van der Waals surface area contributed by atoms with Crippen molar-refractivity contribution in [2.45, 2.75) is 24.1 Å². The smallest absolute Gasteiger partial charge is 0.0626 e. The summed E-state index contributed by atoms with van der Waals surface area (Å²) >= 11 is 0. The molecular formula is C72H88N8. The van der Waals surface area contributed by atoms with Crippen LogP contribution in [0.25, 0.3) is 0 Å². The average molecular weight is 1110 g/mol. The third-order valence-electron chi connectivity index (χ3n) is 11.7. The minimum atomic E-state index is -3.38. The van der Waals surface area contributed by atoms with Crippen molar-refractivity contribution < 1.29 is 63.1 Å². The van der Waals surface area contributed by atoms with Crippen LogP contribution in [0, 0.1) is 0 Å². The van der Waals surface area contributed by atoms with Crippen molar-refractivity contribution in [2.24, 2.45) is 0 Å². The molecule has 4 heterocycles. The lowest BCUT2D eigenvalue weighted by Gasteiger charge is -2.38. The van der Waals surface area contributed by atoms with Crippen LogP contribution >= 0.6 is 0 Å². The van der Waals surface area contributed by atoms with Crippen LogP contribution in [0.3, 0.4) is 0 Å². The van der Waals surface area contributed by atoms with Gasteiger partial charge in [0.2, 0.25) is 0 Å². The molecule has 12 rings (SSSR count). The molecule has 0 spiro atoms. The number of likely N-dealkylation sites (N-methyl/N-ethyl adjacent to an activating group) is 4. The summed E-state index contributed by atoms with van der Waals surface area (Å²) in [5.74, 6) is 0. The minimum absolute atomic E-state index is 0.0345. The molecule has 8 nitrogen and oxygen atoms in total. The van der Waals surface area contributed by atoms with Gasteiger partial charge in [-0.25, -0.2) is 0 Å². The Bertz CT molecular complexity index is 4930. The molecule has 0 saturated carbocycles. The molecule has 416 valence electrons. The predicted octanol–water partition coefficient (Wildman–Crippen LogP) is 12.1. The van der Waals surface area contributed by atoms with Gasteiger partial charge in [-0.1, -0.05) is 242 Å². The Balaban J connectivity index is 0.000000192. The molecule has 0 amide bonds. The second-order valence-electron chi connectivity index (χ2n) is 17.5. The first kappa shape index (κ1) is 23.7. The third kappa shape index (κ3) is 16.8. The maximum absolute atomic E-state index is 9.47. The van der Waals surface area contributed by atoms with E-state index in [0.29, 0.717) is 32.1 Å². The van der Waals surface area contributed by atoms with Crippen molar-refractivity contribution in [1.29, 1.82) is 0 Å². The molecule has 4 aliphatic heterocycles. The number of hydrogen-bond donors (Lipinski definition) is 0. The summed E-state index contributed by atoms with van der Waals surface area (Å²) in [5, 5.41) is 0. The van der Waals surface area contributed by atoms with Crippen LogP contribution in [0.15, 0.2) is 242 Å². The van der Waals surface area contributed by atoms with Gasteiger partial charge in [0.15, 0.2) is 0 Å². The number of hydrogen-bond acceptors (Lipinski definition) is 8. The van der Waals surface area contributed by atoms with E-state index in [-0.39, 0.29) is 18.0 Å². The van der Waals surface area contributed by atoms with Crippen LogP contribution in [0.2, 0.25) is 0 Å². The highest BCUT2D eigenvalue weighted by Crippen LogP contribution is 2.33. The van der Waals surface area contributed by atoms with Gasteiger partial charge >= 0.3 is 0 Å². The van der Waals surface area contributed by atoms with Crippen LogP contribution in [-0.4, -0.2) is 172 Å². The standard InChI is InChI=1S/4C18H22N2/c4*1-19-12-14-20(15-13-19)18(16-8-4-2-5-9-16)17-10-6-3-7-11-17/h4*2-11,18H,12-15H2,1H3/i1D3,2D,3D,4D,5D,6D,7D,8D,9D,10D,11D,14D2,15D2,18D;2D,3D,4D,5D,6D,7D,8D,9D,10D,11D,14D2,15D2,18D;1D3,14D2,15D2,18D;14D2,15D2,18D. The molecule has 4 saturated heterocycles. The second-order valence-corrected chi connectivity index (χ2v) is 17.5. The first-order valence-corrected chi connectivity index (χ1v) is 25.0. The maximum Gasteiger partial charge on any atom is 0.0626 e. The Labute approximate surface area is 545 Å². The molecule has 0 unspecified atom stereocenters. The van der Waals surface area contributed by atoms with E-state index in [4.69, 9.17) is 57.6 Å². The lowest BCUT2D eigenvalue weighted by atomic mass is 9.96. The van der Waals surface area contributed by atoms with Crippen LogP contribution < -0.4 is 0 Å². The van der Waals surface area contributed by atoms with E-state index in [1.165, 1.54) is 11.9 Å². The molecule has 4 aliphatic rings. The second kappa shape index (κ2) is 30.9. The number of rotatable bonds is 12.